The van der Waals surface area contributed by atoms with Gasteiger partial charge < -0.3 is 8.83 Å². The Labute approximate surface area is 322 Å². The molecule has 11 rings (SSSR count). The molecule has 5 nitrogen and oxygen atoms in total. The van der Waals surface area contributed by atoms with Crippen LogP contribution in [0.25, 0.3) is 111 Å². The molecule has 262 valence electrons. The van der Waals surface area contributed by atoms with Gasteiger partial charge in [-0.15, -0.1) is 0 Å². The minimum absolute atomic E-state index is 0.618. The van der Waals surface area contributed by atoms with Crippen LogP contribution in [0.3, 0.4) is 0 Å². The van der Waals surface area contributed by atoms with E-state index in [1.54, 1.807) is 0 Å². The van der Waals surface area contributed by atoms with Crippen LogP contribution in [0, 0.1) is 0 Å². The van der Waals surface area contributed by atoms with Gasteiger partial charge in [0.2, 0.25) is 0 Å². The third-order valence-electron chi connectivity index (χ3n) is 10.6. The Bertz CT molecular complexity index is 3220. The van der Waals surface area contributed by atoms with Gasteiger partial charge in [-0.1, -0.05) is 170 Å². The maximum absolute atomic E-state index is 6.69. The number of nitrogens with zero attached hydrogens (tertiary/aromatic N) is 3. The molecule has 3 heterocycles. The summed E-state index contributed by atoms with van der Waals surface area (Å²) in [6.45, 7) is 0. The molecule has 0 aliphatic heterocycles. The summed E-state index contributed by atoms with van der Waals surface area (Å²) in [5.74, 6) is 1.88. The predicted molar refractivity (Wildman–Crippen MR) is 227 cm³/mol. The first-order valence-electron chi connectivity index (χ1n) is 18.7. The van der Waals surface area contributed by atoms with Gasteiger partial charge in [-0.3, -0.25) is 0 Å². The molecular weight excluding hydrogens is 687 g/mol. The first kappa shape index (κ1) is 31.9. The van der Waals surface area contributed by atoms with Crippen molar-refractivity contribution in [1.29, 1.82) is 0 Å². The Morgan fingerprint density at radius 1 is 0.268 bits per heavy atom. The molecule has 0 saturated carbocycles. The molecule has 0 aliphatic carbocycles. The molecule has 0 radical (unpaired) electrons. The van der Waals surface area contributed by atoms with Crippen molar-refractivity contribution < 1.29 is 8.83 Å². The van der Waals surface area contributed by atoms with Gasteiger partial charge in [0.15, 0.2) is 17.5 Å². The van der Waals surface area contributed by atoms with Crippen molar-refractivity contribution in [3.8, 4) is 67.5 Å². The van der Waals surface area contributed by atoms with E-state index >= 15 is 0 Å². The fourth-order valence-electron chi connectivity index (χ4n) is 7.75. The molecule has 5 heteroatoms. The van der Waals surface area contributed by atoms with Gasteiger partial charge in [-0.2, -0.15) is 0 Å². The summed E-state index contributed by atoms with van der Waals surface area (Å²) in [5.41, 5.74) is 12.7. The standard InChI is InChI=1S/C51H31N3O2/c1-3-11-32(12-4-1)33-21-25-36(26-22-33)50-52-49(35-13-5-2-6-14-35)53-51(54-50)37-27-23-34(24-28-37)38-29-30-40-42-17-10-19-44(48(42)56-46(40)31-38)43-18-9-16-41-39-15-7-8-20-45(39)55-47(41)43/h1-31H. The van der Waals surface area contributed by atoms with Crippen molar-refractivity contribution in [3.05, 3.63) is 188 Å². The highest BCUT2D eigenvalue weighted by Crippen LogP contribution is 2.42. The van der Waals surface area contributed by atoms with E-state index in [0.29, 0.717) is 17.5 Å². The average Bonchev–Trinajstić information content (AvgIpc) is 3.85. The molecule has 0 bridgehead atoms. The van der Waals surface area contributed by atoms with Crippen molar-refractivity contribution in [2.24, 2.45) is 0 Å². The number of hydrogen-bond donors (Lipinski definition) is 0. The second kappa shape index (κ2) is 13.0. The maximum Gasteiger partial charge on any atom is 0.164 e. The summed E-state index contributed by atoms with van der Waals surface area (Å²) in [7, 11) is 0. The fraction of sp³-hybridized carbons (Fsp3) is 0. The van der Waals surface area contributed by atoms with Crippen molar-refractivity contribution in [3.63, 3.8) is 0 Å². The lowest BCUT2D eigenvalue weighted by molar-refractivity contribution is 0.665. The number of para-hydroxylation sites is 3. The Kier molecular flexibility index (Phi) is 7.42. The second-order valence-electron chi connectivity index (χ2n) is 14.0. The topological polar surface area (TPSA) is 65.0 Å². The number of furan rings is 2. The Hall–Kier alpha value is -7.63. The number of hydrogen-bond acceptors (Lipinski definition) is 5. The first-order valence-corrected chi connectivity index (χ1v) is 18.7. The second-order valence-corrected chi connectivity index (χ2v) is 14.0. The summed E-state index contributed by atoms with van der Waals surface area (Å²) in [6.07, 6.45) is 0. The zero-order chi connectivity index (χ0) is 37.0. The van der Waals surface area contributed by atoms with Crippen LogP contribution in [-0.2, 0) is 0 Å². The molecule has 56 heavy (non-hydrogen) atoms. The highest BCUT2D eigenvalue weighted by molar-refractivity contribution is 6.15. The smallest absolute Gasteiger partial charge is 0.164 e. The lowest BCUT2D eigenvalue weighted by atomic mass is 9.99. The summed E-state index contributed by atoms with van der Waals surface area (Å²) in [6, 6.07) is 64.5. The highest BCUT2D eigenvalue weighted by atomic mass is 16.3. The molecule has 0 aliphatic rings. The number of aromatic nitrogens is 3. The number of fused-ring (bicyclic) bond motifs is 6. The minimum Gasteiger partial charge on any atom is -0.455 e. The normalized spacial score (nSPS) is 11.6. The average molecular weight is 718 g/mol. The third kappa shape index (κ3) is 5.45. The number of benzene rings is 8. The SMILES string of the molecule is c1ccc(-c2ccc(-c3nc(-c4ccccc4)nc(-c4ccc(-c5ccc6c(c5)oc5c(-c7cccc8c7oc7ccccc78)cccc56)cc4)n3)cc2)cc1. The zero-order valence-corrected chi connectivity index (χ0v) is 30.1. The summed E-state index contributed by atoms with van der Waals surface area (Å²) >= 11 is 0. The van der Waals surface area contributed by atoms with Crippen molar-refractivity contribution in [2.75, 3.05) is 0 Å². The van der Waals surface area contributed by atoms with E-state index in [2.05, 4.69) is 133 Å². The van der Waals surface area contributed by atoms with Crippen LogP contribution in [0.15, 0.2) is 197 Å². The molecular formula is C51H31N3O2. The molecule has 8 aromatic carbocycles. The van der Waals surface area contributed by atoms with Gasteiger partial charge in [-0.05, 0) is 40.5 Å². The van der Waals surface area contributed by atoms with E-state index in [-0.39, 0.29) is 0 Å². The molecule has 0 N–H and O–H groups in total. The molecule has 0 atom stereocenters. The van der Waals surface area contributed by atoms with Crippen LogP contribution in [0.1, 0.15) is 0 Å². The van der Waals surface area contributed by atoms with Crippen LogP contribution in [0.4, 0.5) is 0 Å². The fourth-order valence-corrected chi connectivity index (χ4v) is 7.75. The van der Waals surface area contributed by atoms with E-state index in [1.165, 1.54) is 5.56 Å². The van der Waals surface area contributed by atoms with E-state index < -0.39 is 0 Å². The zero-order valence-electron chi connectivity index (χ0n) is 30.1. The van der Waals surface area contributed by atoms with Crippen LogP contribution >= 0.6 is 0 Å². The van der Waals surface area contributed by atoms with Gasteiger partial charge in [0, 0.05) is 49.4 Å². The molecule has 3 aromatic heterocycles. The van der Waals surface area contributed by atoms with Crippen molar-refractivity contribution in [2.45, 2.75) is 0 Å². The van der Waals surface area contributed by atoms with Gasteiger partial charge in [0.05, 0.1) is 0 Å². The Morgan fingerprint density at radius 3 is 1.25 bits per heavy atom. The summed E-state index contributed by atoms with van der Waals surface area (Å²) in [4.78, 5) is 14.9. The minimum atomic E-state index is 0.618. The highest BCUT2D eigenvalue weighted by Gasteiger charge is 2.18. The van der Waals surface area contributed by atoms with Crippen LogP contribution in [-0.4, -0.2) is 15.0 Å². The monoisotopic (exact) mass is 717 g/mol. The van der Waals surface area contributed by atoms with E-state index in [9.17, 15) is 0 Å². The van der Waals surface area contributed by atoms with E-state index in [4.69, 9.17) is 23.8 Å². The van der Waals surface area contributed by atoms with Gasteiger partial charge >= 0.3 is 0 Å². The molecule has 0 saturated heterocycles. The summed E-state index contributed by atoms with van der Waals surface area (Å²) in [5, 5.41) is 4.35. The lowest BCUT2D eigenvalue weighted by Crippen LogP contribution is -2.00. The molecule has 0 unspecified atom stereocenters. The predicted octanol–water partition coefficient (Wildman–Crippen LogP) is 13.7. The van der Waals surface area contributed by atoms with E-state index in [0.717, 1.165) is 88.4 Å². The summed E-state index contributed by atoms with van der Waals surface area (Å²) < 4.78 is 13.1. The first-order chi connectivity index (χ1) is 27.7. The maximum atomic E-state index is 6.69. The number of rotatable bonds is 6. The molecule has 0 fully saturated rings. The molecule has 0 spiro atoms. The van der Waals surface area contributed by atoms with Crippen LogP contribution in [0.2, 0.25) is 0 Å². The van der Waals surface area contributed by atoms with E-state index in [1.807, 2.05) is 54.6 Å². The van der Waals surface area contributed by atoms with Gasteiger partial charge in [0.25, 0.3) is 0 Å². The third-order valence-corrected chi connectivity index (χ3v) is 10.6. The lowest BCUT2D eigenvalue weighted by Gasteiger charge is -2.10. The van der Waals surface area contributed by atoms with Gasteiger partial charge in [-0.25, -0.2) is 15.0 Å². The Balaban J connectivity index is 0.952. The van der Waals surface area contributed by atoms with Crippen LogP contribution in [0.5, 0.6) is 0 Å². The van der Waals surface area contributed by atoms with Crippen LogP contribution < -0.4 is 0 Å². The molecule has 11 aromatic rings. The van der Waals surface area contributed by atoms with Crippen molar-refractivity contribution >= 4 is 43.9 Å². The Morgan fingerprint density at radius 2 is 0.661 bits per heavy atom. The molecule has 0 amide bonds. The van der Waals surface area contributed by atoms with Gasteiger partial charge in [0.1, 0.15) is 22.3 Å². The quantitative estimate of drug-likeness (QED) is 0.171. The van der Waals surface area contributed by atoms with Crippen molar-refractivity contribution in [1.82, 2.24) is 15.0 Å². The largest absolute Gasteiger partial charge is 0.455 e.